The number of rotatable bonds is 5. The molecule has 0 bridgehead atoms. The molecule has 0 aliphatic rings. The van der Waals surface area contributed by atoms with Crippen molar-refractivity contribution in [2.24, 2.45) is 0 Å². The Hall–Kier alpha value is -2.22. The number of hydrogen-bond acceptors (Lipinski definition) is 6. The number of carboxylic acid groups (broad SMARTS) is 1. The number of esters is 1. The third-order valence-electron chi connectivity index (χ3n) is 1.86. The maximum atomic E-state index is 11.5. The van der Waals surface area contributed by atoms with Gasteiger partial charge in [0.1, 0.15) is 4.88 Å². The number of anilines is 1. The van der Waals surface area contributed by atoms with Crippen LogP contribution in [0.1, 0.15) is 22.3 Å². The van der Waals surface area contributed by atoms with E-state index in [0.717, 1.165) is 17.4 Å². The Bertz CT molecular complexity index is 535. The summed E-state index contributed by atoms with van der Waals surface area (Å²) in [5, 5.41) is 10.9. The van der Waals surface area contributed by atoms with Gasteiger partial charge >= 0.3 is 11.9 Å². The first kappa shape index (κ1) is 14.8. The van der Waals surface area contributed by atoms with Gasteiger partial charge in [-0.3, -0.25) is 10.1 Å². The minimum absolute atomic E-state index is 0.209. The monoisotopic (exact) mass is 284 g/mol. The molecule has 0 atom stereocenters. The molecule has 0 aliphatic heterocycles. The molecular formula is C11H12N2O5S. The number of amides is 1. The molecule has 19 heavy (non-hydrogen) atoms. The van der Waals surface area contributed by atoms with Crippen molar-refractivity contribution in [3.8, 4) is 0 Å². The van der Waals surface area contributed by atoms with E-state index < -0.39 is 17.8 Å². The van der Waals surface area contributed by atoms with Crippen LogP contribution in [0.3, 0.4) is 0 Å². The van der Waals surface area contributed by atoms with Gasteiger partial charge in [-0.25, -0.2) is 14.6 Å². The Labute approximate surface area is 112 Å². The summed E-state index contributed by atoms with van der Waals surface area (Å²) in [7, 11) is 0. The van der Waals surface area contributed by atoms with Gasteiger partial charge in [-0.1, -0.05) is 11.3 Å². The van der Waals surface area contributed by atoms with Gasteiger partial charge in [0, 0.05) is 12.2 Å². The summed E-state index contributed by atoms with van der Waals surface area (Å²) in [6.45, 7) is 3.55. The molecule has 1 heterocycles. The van der Waals surface area contributed by atoms with Crippen molar-refractivity contribution < 1.29 is 24.2 Å². The summed E-state index contributed by atoms with van der Waals surface area (Å²) >= 11 is 0.971. The molecule has 0 radical (unpaired) electrons. The first-order valence-corrected chi connectivity index (χ1v) is 6.12. The molecule has 102 valence electrons. The van der Waals surface area contributed by atoms with Crippen molar-refractivity contribution in [3.05, 3.63) is 22.7 Å². The van der Waals surface area contributed by atoms with Gasteiger partial charge in [-0.05, 0) is 13.8 Å². The molecule has 0 fully saturated rings. The van der Waals surface area contributed by atoms with E-state index in [9.17, 15) is 14.4 Å². The van der Waals surface area contributed by atoms with Crippen molar-refractivity contribution in [2.45, 2.75) is 13.8 Å². The Morgan fingerprint density at radius 2 is 2.11 bits per heavy atom. The molecule has 0 saturated heterocycles. The van der Waals surface area contributed by atoms with Crippen LogP contribution in [0, 0.1) is 6.92 Å². The van der Waals surface area contributed by atoms with Gasteiger partial charge in [0.05, 0.1) is 12.3 Å². The van der Waals surface area contributed by atoms with E-state index >= 15 is 0 Å². The van der Waals surface area contributed by atoms with E-state index in [1.54, 1.807) is 13.8 Å². The second-order valence-corrected chi connectivity index (χ2v) is 4.31. The molecule has 1 aromatic rings. The van der Waals surface area contributed by atoms with Gasteiger partial charge < -0.3 is 9.84 Å². The fourth-order valence-electron chi connectivity index (χ4n) is 1.13. The molecule has 2 N–H and O–H groups in total. The molecule has 0 aromatic carbocycles. The number of nitrogens with one attached hydrogen (secondary N) is 1. The summed E-state index contributed by atoms with van der Waals surface area (Å²) in [5.41, 5.74) is 0.445. The first-order valence-electron chi connectivity index (χ1n) is 5.30. The standard InChI is InChI=1S/C11H12N2O5S/c1-3-18-10(17)9-6(2)12-11(19-9)13-7(14)4-5-8(15)16/h4-5H,3H2,1-2H3,(H,15,16)(H,12,13,14)/b5-4+. The van der Waals surface area contributed by atoms with Gasteiger partial charge in [0.25, 0.3) is 0 Å². The molecule has 0 spiro atoms. The van der Waals surface area contributed by atoms with E-state index in [2.05, 4.69) is 10.3 Å². The third-order valence-corrected chi connectivity index (χ3v) is 2.92. The van der Waals surface area contributed by atoms with Crippen LogP contribution >= 0.6 is 11.3 Å². The maximum Gasteiger partial charge on any atom is 0.350 e. The number of aromatic nitrogens is 1. The predicted octanol–water partition coefficient (Wildman–Crippen LogP) is 1.21. The number of nitrogens with zero attached hydrogens (tertiary/aromatic N) is 1. The second-order valence-electron chi connectivity index (χ2n) is 3.31. The largest absolute Gasteiger partial charge is 0.478 e. The van der Waals surface area contributed by atoms with E-state index in [0.29, 0.717) is 16.6 Å². The van der Waals surface area contributed by atoms with Crippen LogP contribution in [0.4, 0.5) is 5.13 Å². The Kier molecular flexibility index (Phi) is 5.19. The maximum absolute atomic E-state index is 11.5. The highest BCUT2D eigenvalue weighted by Crippen LogP contribution is 2.23. The molecular weight excluding hydrogens is 272 g/mol. The van der Waals surface area contributed by atoms with E-state index in [4.69, 9.17) is 9.84 Å². The Morgan fingerprint density at radius 3 is 2.68 bits per heavy atom. The fourth-order valence-corrected chi connectivity index (χ4v) is 1.99. The number of ether oxygens (including phenoxy) is 1. The molecule has 1 aromatic heterocycles. The summed E-state index contributed by atoms with van der Waals surface area (Å²) in [6.07, 6.45) is 1.57. The highest BCUT2D eigenvalue weighted by molar-refractivity contribution is 7.17. The molecule has 0 aliphatic carbocycles. The van der Waals surface area contributed by atoms with Crippen molar-refractivity contribution in [2.75, 3.05) is 11.9 Å². The van der Waals surface area contributed by atoms with Crippen molar-refractivity contribution >= 4 is 34.3 Å². The van der Waals surface area contributed by atoms with Gasteiger partial charge in [0.2, 0.25) is 5.91 Å². The van der Waals surface area contributed by atoms with E-state index in [1.165, 1.54) is 0 Å². The highest BCUT2D eigenvalue weighted by Gasteiger charge is 2.16. The molecule has 8 heteroatoms. The Morgan fingerprint density at radius 1 is 1.42 bits per heavy atom. The van der Waals surface area contributed by atoms with Gasteiger partial charge in [0.15, 0.2) is 5.13 Å². The molecule has 0 saturated carbocycles. The van der Waals surface area contributed by atoms with E-state index in [-0.39, 0.29) is 11.7 Å². The molecule has 0 unspecified atom stereocenters. The second kappa shape index (κ2) is 6.64. The minimum atomic E-state index is -1.22. The number of carboxylic acids is 1. The Balaban J connectivity index is 2.76. The smallest absolute Gasteiger partial charge is 0.350 e. The topological polar surface area (TPSA) is 106 Å². The lowest BCUT2D eigenvalue weighted by atomic mass is 10.4. The lowest BCUT2D eigenvalue weighted by Gasteiger charge is -1.97. The van der Waals surface area contributed by atoms with Crippen LogP contribution < -0.4 is 5.32 Å². The first-order chi connectivity index (χ1) is 8.93. The number of carbonyl (C=O) groups is 3. The number of thiazole rings is 1. The normalized spacial score (nSPS) is 10.4. The van der Waals surface area contributed by atoms with Crippen molar-refractivity contribution in [3.63, 3.8) is 0 Å². The lowest BCUT2D eigenvalue weighted by molar-refractivity contribution is -0.131. The number of hydrogen-bond donors (Lipinski definition) is 2. The van der Waals surface area contributed by atoms with Crippen LogP contribution in [0.2, 0.25) is 0 Å². The lowest BCUT2D eigenvalue weighted by Crippen LogP contribution is -2.08. The SMILES string of the molecule is CCOC(=O)c1sc(NC(=O)/C=C/C(=O)O)nc1C. The molecule has 1 amide bonds. The zero-order chi connectivity index (χ0) is 14.4. The average Bonchev–Trinajstić information content (AvgIpc) is 2.68. The van der Waals surface area contributed by atoms with Crippen LogP contribution in [0.25, 0.3) is 0 Å². The quantitative estimate of drug-likeness (QED) is 0.622. The van der Waals surface area contributed by atoms with Crippen LogP contribution in [-0.4, -0.2) is 34.5 Å². The number of aryl methyl sites for hydroxylation is 1. The van der Waals surface area contributed by atoms with Crippen LogP contribution in [0.15, 0.2) is 12.2 Å². The zero-order valence-electron chi connectivity index (χ0n) is 10.3. The molecule has 7 nitrogen and oxygen atoms in total. The van der Waals surface area contributed by atoms with Crippen molar-refractivity contribution in [1.82, 2.24) is 4.98 Å². The van der Waals surface area contributed by atoms with Crippen molar-refractivity contribution in [1.29, 1.82) is 0 Å². The number of aliphatic carboxylic acids is 1. The van der Waals surface area contributed by atoms with Gasteiger partial charge in [-0.15, -0.1) is 0 Å². The highest BCUT2D eigenvalue weighted by atomic mass is 32.1. The summed E-state index contributed by atoms with van der Waals surface area (Å²) < 4.78 is 4.83. The summed E-state index contributed by atoms with van der Waals surface area (Å²) in [5.74, 6) is -2.36. The fraction of sp³-hybridized carbons (Fsp3) is 0.273. The van der Waals surface area contributed by atoms with E-state index in [1.807, 2.05) is 0 Å². The zero-order valence-corrected chi connectivity index (χ0v) is 11.1. The minimum Gasteiger partial charge on any atom is -0.478 e. The van der Waals surface area contributed by atoms with Gasteiger partial charge in [-0.2, -0.15) is 0 Å². The van der Waals surface area contributed by atoms with Crippen LogP contribution in [-0.2, 0) is 14.3 Å². The summed E-state index contributed by atoms with van der Waals surface area (Å²) in [4.78, 5) is 37.4. The summed E-state index contributed by atoms with van der Waals surface area (Å²) in [6, 6.07) is 0. The number of carbonyl (C=O) groups excluding carboxylic acids is 2. The predicted molar refractivity (Wildman–Crippen MR) is 68.2 cm³/mol. The van der Waals surface area contributed by atoms with Crippen LogP contribution in [0.5, 0.6) is 0 Å². The average molecular weight is 284 g/mol. The third kappa shape index (κ3) is 4.51. The molecule has 1 rings (SSSR count).